The summed E-state index contributed by atoms with van der Waals surface area (Å²) in [6.07, 6.45) is 3.91. The van der Waals surface area contributed by atoms with Crippen LogP contribution in [-0.2, 0) is 13.1 Å². The zero-order valence-corrected chi connectivity index (χ0v) is 11.5. The van der Waals surface area contributed by atoms with E-state index in [2.05, 4.69) is 49.4 Å². The van der Waals surface area contributed by atoms with Crippen LogP contribution in [0.3, 0.4) is 0 Å². The van der Waals surface area contributed by atoms with Crippen molar-refractivity contribution in [2.24, 2.45) is 0 Å². The van der Waals surface area contributed by atoms with Crippen LogP contribution in [0, 0.1) is 6.92 Å². The van der Waals surface area contributed by atoms with Gasteiger partial charge in [-0.2, -0.15) is 10.2 Å². The first kappa shape index (κ1) is 12.7. The lowest BCUT2D eigenvalue weighted by Gasteiger charge is -2.07. The fourth-order valence-electron chi connectivity index (χ4n) is 1.89. The van der Waals surface area contributed by atoms with Gasteiger partial charge >= 0.3 is 0 Å². The highest BCUT2D eigenvalue weighted by Gasteiger charge is 2.08. The van der Waals surface area contributed by atoms with Crippen molar-refractivity contribution >= 4 is 5.82 Å². The molecular weight excluding hydrogens is 226 g/mol. The van der Waals surface area contributed by atoms with Crippen molar-refractivity contribution < 1.29 is 0 Å². The van der Waals surface area contributed by atoms with E-state index in [0.29, 0.717) is 6.04 Å². The van der Waals surface area contributed by atoms with Gasteiger partial charge in [0.1, 0.15) is 0 Å². The van der Waals surface area contributed by atoms with Gasteiger partial charge in [0.05, 0.1) is 12.2 Å². The second kappa shape index (κ2) is 5.25. The molecule has 0 aromatic carbocycles. The van der Waals surface area contributed by atoms with Crippen molar-refractivity contribution in [1.82, 2.24) is 19.6 Å². The third-order valence-corrected chi connectivity index (χ3v) is 2.98. The Morgan fingerprint density at radius 2 is 2.17 bits per heavy atom. The standard InChI is InChI=1S/C13H21N5/c1-5-17-12(6-7-15-17)8-14-13-11(4)9-18(16-13)10(2)3/h6-7,9-10H,5,8H2,1-4H3,(H,14,16). The minimum absolute atomic E-state index is 0.389. The molecule has 0 spiro atoms. The maximum Gasteiger partial charge on any atom is 0.151 e. The Kier molecular flexibility index (Phi) is 3.69. The molecule has 0 aliphatic rings. The Labute approximate surface area is 108 Å². The minimum Gasteiger partial charge on any atom is -0.363 e. The van der Waals surface area contributed by atoms with Crippen LogP contribution in [-0.4, -0.2) is 19.6 Å². The summed E-state index contributed by atoms with van der Waals surface area (Å²) in [5, 5.41) is 12.2. The van der Waals surface area contributed by atoms with Crippen LogP contribution in [0.25, 0.3) is 0 Å². The van der Waals surface area contributed by atoms with Gasteiger partial charge in [0, 0.05) is 30.5 Å². The number of rotatable bonds is 5. The van der Waals surface area contributed by atoms with Crippen LogP contribution in [0.2, 0.25) is 0 Å². The Morgan fingerprint density at radius 3 is 2.78 bits per heavy atom. The predicted octanol–water partition coefficient (Wildman–Crippen LogP) is 2.60. The van der Waals surface area contributed by atoms with Gasteiger partial charge in [-0.25, -0.2) is 0 Å². The summed E-state index contributed by atoms with van der Waals surface area (Å²) in [5.41, 5.74) is 2.35. The van der Waals surface area contributed by atoms with Crippen LogP contribution in [0.15, 0.2) is 18.5 Å². The van der Waals surface area contributed by atoms with Crippen molar-refractivity contribution in [1.29, 1.82) is 0 Å². The van der Waals surface area contributed by atoms with E-state index < -0.39 is 0 Å². The van der Waals surface area contributed by atoms with Crippen LogP contribution < -0.4 is 5.32 Å². The summed E-state index contributed by atoms with van der Waals surface area (Å²) >= 11 is 0. The summed E-state index contributed by atoms with van der Waals surface area (Å²) in [6.45, 7) is 10.1. The molecule has 0 saturated heterocycles. The number of aryl methyl sites for hydroxylation is 2. The molecular formula is C13H21N5. The van der Waals surface area contributed by atoms with Gasteiger partial charge in [-0.15, -0.1) is 0 Å². The van der Waals surface area contributed by atoms with Crippen molar-refractivity contribution in [3.63, 3.8) is 0 Å². The lowest BCUT2D eigenvalue weighted by atomic mass is 10.3. The third-order valence-electron chi connectivity index (χ3n) is 2.98. The number of hydrogen-bond donors (Lipinski definition) is 1. The maximum atomic E-state index is 4.54. The molecule has 1 N–H and O–H groups in total. The SMILES string of the molecule is CCn1nccc1CNc1nn(C(C)C)cc1C. The lowest BCUT2D eigenvalue weighted by Crippen LogP contribution is -2.09. The van der Waals surface area contributed by atoms with Crippen molar-refractivity contribution in [2.75, 3.05) is 5.32 Å². The van der Waals surface area contributed by atoms with Crippen LogP contribution in [0.1, 0.15) is 38.1 Å². The predicted molar refractivity (Wildman–Crippen MR) is 72.6 cm³/mol. The maximum absolute atomic E-state index is 4.54. The number of anilines is 1. The van der Waals surface area contributed by atoms with Crippen molar-refractivity contribution in [2.45, 2.75) is 46.8 Å². The highest BCUT2D eigenvalue weighted by Crippen LogP contribution is 2.15. The van der Waals surface area contributed by atoms with Gasteiger partial charge in [-0.1, -0.05) is 0 Å². The summed E-state index contributed by atoms with van der Waals surface area (Å²) < 4.78 is 3.97. The molecule has 0 radical (unpaired) electrons. The second-order valence-electron chi connectivity index (χ2n) is 4.73. The van der Waals surface area contributed by atoms with Gasteiger partial charge in [-0.3, -0.25) is 9.36 Å². The molecule has 0 bridgehead atoms. The molecule has 2 heterocycles. The van der Waals surface area contributed by atoms with E-state index in [9.17, 15) is 0 Å². The lowest BCUT2D eigenvalue weighted by molar-refractivity contribution is 0.533. The molecule has 5 heteroatoms. The fourth-order valence-corrected chi connectivity index (χ4v) is 1.89. The molecule has 2 aromatic rings. The molecule has 0 amide bonds. The smallest absolute Gasteiger partial charge is 0.151 e. The molecule has 0 aliphatic carbocycles. The van der Waals surface area contributed by atoms with Crippen molar-refractivity contribution in [3.05, 3.63) is 29.7 Å². The third kappa shape index (κ3) is 2.55. The Balaban J connectivity index is 2.06. The highest BCUT2D eigenvalue weighted by atomic mass is 15.3. The molecule has 2 aromatic heterocycles. The van der Waals surface area contributed by atoms with Gasteiger partial charge in [0.15, 0.2) is 5.82 Å². The quantitative estimate of drug-likeness (QED) is 0.883. The molecule has 98 valence electrons. The van der Waals surface area contributed by atoms with E-state index >= 15 is 0 Å². The summed E-state index contributed by atoms with van der Waals surface area (Å²) in [5.74, 6) is 0.951. The minimum atomic E-state index is 0.389. The zero-order chi connectivity index (χ0) is 13.1. The average molecular weight is 247 g/mol. The Bertz CT molecular complexity index is 509. The first-order valence-electron chi connectivity index (χ1n) is 6.42. The van der Waals surface area contributed by atoms with Gasteiger partial charge < -0.3 is 5.32 Å². The van der Waals surface area contributed by atoms with E-state index in [1.807, 2.05) is 21.6 Å². The first-order chi connectivity index (χ1) is 8.61. The summed E-state index contributed by atoms with van der Waals surface area (Å²) in [4.78, 5) is 0. The monoisotopic (exact) mass is 247 g/mol. The van der Waals surface area contributed by atoms with Gasteiger partial charge in [0.2, 0.25) is 0 Å². The van der Waals surface area contributed by atoms with Crippen molar-refractivity contribution in [3.8, 4) is 0 Å². The normalized spacial score (nSPS) is 11.2. The van der Waals surface area contributed by atoms with E-state index in [1.165, 1.54) is 11.3 Å². The first-order valence-corrected chi connectivity index (χ1v) is 6.42. The molecule has 0 aliphatic heterocycles. The molecule has 0 atom stereocenters. The number of hydrogen-bond acceptors (Lipinski definition) is 3. The van der Waals surface area contributed by atoms with Crippen LogP contribution in [0.4, 0.5) is 5.82 Å². The van der Waals surface area contributed by atoms with Crippen LogP contribution >= 0.6 is 0 Å². The zero-order valence-electron chi connectivity index (χ0n) is 11.5. The second-order valence-corrected chi connectivity index (χ2v) is 4.73. The molecule has 2 rings (SSSR count). The molecule has 18 heavy (non-hydrogen) atoms. The molecule has 0 fully saturated rings. The van der Waals surface area contributed by atoms with E-state index in [-0.39, 0.29) is 0 Å². The fraction of sp³-hybridized carbons (Fsp3) is 0.538. The van der Waals surface area contributed by atoms with Gasteiger partial charge in [0.25, 0.3) is 0 Å². The number of nitrogens with zero attached hydrogens (tertiary/aromatic N) is 4. The average Bonchev–Trinajstić information content (AvgIpc) is 2.92. The largest absolute Gasteiger partial charge is 0.363 e. The number of nitrogens with one attached hydrogen (secondary N) is 1. The topological polar surface area (TPSA) is 47.7 Å². The summed E-state index contributed by atoms with van der Waals surface area (Å²) in [7, 11) is 0. The van der Waals surface area contributed by atoms with E-state index in [1.54, 1.807) is 0 Å². The Morgan fingerprint density at radius 1 is 1.39 bits per heavy atom. The van der Waals surface area contributed by atoms with E-state index in [0.717, 1.165) is 18.9 Å². The molecule has 0 saturated carbocycles. The van der Waals surface area contributed by atoms with Gasteiger partial charge in [-0.05, 0) is 33.8 Å². The molecule has 5 nitrogen and oxygen atoms in total. The number of aromatic nitrogens is 4. The molecule has 0 unspecified atom stereocenters. The highest BCUT2D eigenvalue weighted by molar-refractivity contribution is 5.42. The summed E-state index contributed by atoms with van der Waals surface area (Å²) in [6, 6.07) is 2.42. The Hall–Kier alpha value is -1.78. The van der Waals surface area contributed by atoms with E-state index in [4.69, 9.17) is 0 Å². The van der Waals surface area contributed by atoms with Crippen LogP contribution in [0.5, 0.6) is 0 Å².